The van der Waals surface area contributed by atoms with Gasteiger partial charge in [0.05, 0.1) is 0 Å². The van der Waals surface area contributed by atoms with E-state index < -0.39 is 11.9 Å². The summed E-state index contributed by atoms with van der Waals surface area (Å²) >= 11 is 1.14. The largest absolute Gasteiger partial charge is 0.480 e. The Hall–Kier alpha value is -1.96. The highest BCUT2D eigenvalue weighted by Gasteiger charge is 2.29. The van der Waals surface area contributed by atoms with Crippen molar-refractivity contribution in [2.24, 2.45) is 5.92 Å². The minimum Gasteiger partial charge on any atom is -0.480 e. The van der Waals surface area contributed by atoms with Crippen LogP contribution in [0.5, 0.6) is 0 Å². The van der Waals surface area contributed by atoms with Crippen molar-refractivity contribution in [3.63, 3.8) is 0 Å². The summed E-state index contributed by atoms with van der Waals surface area (Å²) < 4.78 is 0. The lowest BCUT2D eigenvalue weighted by Gasteiger charge is -2.19. The van der Waals surface area contributed by atoms with Gasteiger partial charge in [-0.25, -0.2) is 4.98 Å². The van der Waals surface area contributed by atoms with E-state index in [1.807, 2.05) is 0 Å². The maximum absolute atomic E-state index is 12.2. The van der Waals surface area contributed by atoms with E-state index in [2.05, 4.69) is 10.3 Å². The zero-order valence-electron chi connectivity index (χ0n) is 11.0. The second kappa shape index (κ2) is 6.00. The lowest BCUT2D eigenvalue weighted by atomic mass is 10.3. The highest BCUT2D eigenvalue weighted by Crippen LogP contribution is 2.30. The van der Waals surface area contributed by atoms with Crippen LogP contribution in [0, 0.1) is 5.92 Å². The SMILES string of the molecule is CC(=O)Nc1nc(C(=O)N(CC(=O)O)CC2CC2)cs1. The van der Waals surface area contributed by atoms with Crippen molar-refractivity contribution in [1.29, 1.82) is 0 Å². The number of carboxylic acid groups (broad SMARTS) is 1. The molecule has 2 rings (SSSR count). The Morgan fingerprint density at radius 2 is 2.20 bits per heavy atom. The molecule has 7 nitrogen and oxygen atoms in total. The van der Waals surface area contributed by atoms with Gasteiger partial charge in [0, 0.05) is 18.8 Å². The summed E-state index contributed by atoms with van der Waals surface area (Å²) in [4.78, 5) is 39.3. The van der Waals surface area contributed by atoms with Crippen LogP contribution >= 0.6 is 11.3 Å². The van der Waals surface area contributed by atoms with Crippen LogP contribution in [-0.2, 0) is 9.59 Å². The van der Waals surface area contributed by atoms with Gasteiger partial charge in [0.15, 0.2) is 5.13 Å². The fourth-order valence-corrected chi connectivity index (χ4v) is 2.47. The molecule has 0 unspecified atom stereocenters. The van der Waals surface area contributed by atoms with Gasteiger partial charge in [0.1, 0.15) is 12.2 Å². The standard InChI is InChI=1S/C12H15N3O4S/c1-7(16)13-12-14-9(6-20-12)11(19)15(5-10(17)18)4-8-2-3-8/h6,8H,2-5H2,1H3,(H,17,18)(H,13,14,16). The Kier molecular flexibility index (Phi) is 4.33. The molecule has 1 heterocycles. The fraction of sp³-hybridized carbons (Fsp3) is 0.500. The van der Waals surface area contributed by atoms with Crippen molar-refractivity contribution in [2.45, 2.75) is 19.8 Å². The third-order valence-electron chi connectivity index (χ3n) is 2.80. The molecule has 1 saturated carbocycles. The van der Waals surface area contributed by atoms with E-state index >= 15 is 0 Å². The van der Waals surface area contributed by atoms with Crippen molar-refractivity contribution in [2.75, 3.05) is 18.4 Å². The summed E-state index contributed by atoms with van der Waals surface area (Å²) in [6.07, 6.45) is 2.05. The summed E-state index contributed by atoms with van der Waals surface area (Å²) in [7, 11) is 0. The number of rotatable bonds is 6. The van der Waals surface area contributed by atoms with Crippen molar-refractivity contribution >= 4 is 34.3 Å². The van der Waals surface area contributed by atoms with Crippen LogP contribution in [0.2, 0.25) is 0 Å². The first-order valence-corrected chi connectivity index (χ1v) is 7.08. The summed E-state index contributed by atoms with van der Waals surface area (Å²) in [6, 6.07) is 0. The van der Waals surface area contributed by atoms with Crippen LogP contribution in [0.1, 0.15) is 30.3 Å². The molecule has 0 aromatic carbocycles. The number of nitrogens with zero attached hydrogens (tertiary/aromatic N) is 2. The summed E-state index contributed by atoms with van der Waals surface area (Å²) in [5, 5.41) is 13.2. The number of thiazole rings is 1. The number of nitrogens with one attached hydrogen (secondary N) is 1. The molecule has 1 fully saturated rings. The lowest BCUT2D eigenvalue weighted by molar-refractivity contribution is -0.137. The van der Waals surface area contributed by atoms with Gasteiger partial charge in [-0.2, -0.15) is 0 Å². The minimum absolute atomic E-state index is 0.167. The average Bonchev–Trinajstić information content (AvgIpc) is 3.04. The zero-order chi connectivity index (χ0) is 14.7. The van der Waals surface area contributed by atoms with E-state index in [0.29, 0.717) is 17.6 Å². The van der Waals surface area contributed by atoms with Gasteiger partial charge in [-0.05, 0) is 18.8 Å². The van der Waals surface area contributed by atoms with E-state index in [-0.39, 0.29) is 18.1 Å². The molecule has 0 atom stereocenters. The van der Waals surface area contributed by atoms with Gasteiger partial charge in [-0.15, -0.1) is 11.3 Å². The van der Waals surface area contributed by atoms with Crippen LogP contribution in [0.4, 0.5) is 5.13 Å². The molecule has 1 aliphatic carbocycles. The third-order valence-corrected chi connectivity index (χ3v) is 3.55. The number of hydrogen-bond donors (Lipinski definition) is 2. The first kappa shape index (κ1) is 14.4. The van der Waals surface area contributed by atoms with Crippen LogP contribution in [0.15, 0.2) is 5.38 Å². The number of aromatic nitrogens is 1. The van der Waals surface area contributed by atoms with Crippen molar-refractivity contribution < 1.29 is 19.5 Å². The molecule has 0 spiro atoms. The molecular weight excluding hydrogens is 282 g/mol. The van der Waals surface area contributed by atoms with E-state index in [1.165, 1.54) is 17.2 Å². The molecule has 20 heavy (non-hydrogen) atoms. The smallest absolute Gasteiger partial charge is 0.323 e. The number of amides is 2. The van der Waals surface area contributed by atoms with Crippen molar-refractivity contribution in [1.82, 2.24) is 9.88 Å². The minimum atomic E-state index is -1.05. The Bertz CT molecular complexity index is 539. The van der Waals surface area contributed by atoms with Gasteiger partial charge in [0.25, 0.3) is 5.91 Å². The molecule has 2 N–H and O–H groups in total. The molecule has 2 amide bonds. The molecule has 0 saturated heterocycles. The van der Waals surface area contributed by atoms with Crippen LogP contribution in [0.3, 0.4) is 0 Å². The first-order valence-electron chi connectivity index (χ1n) is 6.20. The van der Waals surface area contributed by atoms with Gasteiger partial charge in [0.2, 0.25) is 5.91 Å². The molecule has 108 valence electrons. The van der Waals surface area contributed by atoms with E-state index in [1.54, 1.807) is 0 Å². The second-order valence-electron chi connectivity index (χ2n) is 4.74. The molecule has 1 aromatic rings. The Labute approximate surface area is 119 Å². The van der Waals surface area contributed by atoms with Gasteiger partial charge >= 0.3 is 5.97 Å². The highest BCUT2D eigenvalue weighted by atomic mass is 32.1. The molecule has 0 radical (unpaired) electrons. The van der Waals surface area contributed by atoms with Crippen LogP contribution in [0.25, 0.3) is 0 Å². The van der Waals surface area contributed by atoms with E-state index in [4.69, 9.17) is 5.11 Å². The van der Waals surface area contributed by atoms with Crippen molar-refractivity contribution in [3.8, 4) is 0 Å². The monoisotopic (exact) mass is 297 g/mol. The van der Waals surface area contributed by atoms with Gasteiger partial charge < -0.3 is 15.3 Å². The van der Waals surface area contributed by atoms with E-state index in [0.717, 1.165) is 24.2 Å². The van der Waals surface area contributed by atoms with Crippen LogP contribution < -0.4 is 5.32 Å². The molecule has 8 heteroatoms. The molecule has 0 aliphatic heterocycles. The van der Waals surface area contributed by atoms with Gasteiger partial charge in [-0.1, -0.05) is 0 Å². The molecule has 1 aliphatic rings. The van der Waals surface area contributed by atoms with Crippen LogP contribution in [-0.4, -0.2) is 45.9 Å². The van der Waals surface area contributed by atoms with Gasteiger partial charge in [-0.3, -0.25) is 14.4 Å². The Balaban J connectivity index is 2.06. The molecule has 0 bridgehead atoms. The predicted octanol–water partition coefficient (Wildman–Crippen LogP) is 1.04. The molecular formula is C12H15N3O4S. The number of hydrogen-bond acceptors (Lipinski definition) is 5. The second-order valence-corrected chi connectivity index (χ2v) is 5.60. The summed E-state index contributed by atoms with van der Waals surface area (Å²) in [5.41, 5.74) is 0.167. The van der Waals surface area contributed by atoms with Crippen molar-refractivity contribution in [3.05, 3.63) is 11.1 Å². The summed E-state index contributed by atoms with van der Waals surface area (Å²) in [5.74, 6) is -1.33. The summed E-state index contributed by atoms with van der Waals surface area (Å²) in [6.45, 7) is 1.47. The highest BCUT2D eigenvalue weighted by molar-refractivity contribution is 7.14. The number of carbonyl (C=O) groups excluding carboxylic acids is 2. The zero-order valence-corrected chi connectivity index (χ0v) is 11.8. The quantitative estimate of drug-likeness (QED) is 0.817. The maximum Gasteiger partial charge on any atom is 0.323 e. The lowest BCUT2D eigenvalue weighted by Crippen LogP contribution is -2.37. The fourth-order valence-electron chi connectivity index (χ4n) is 1.74. The third kappa shape index (κ3) is 4.02. The molecule has 1 aromatic heterocycles. The number of carbonyl (C=O) groups is 3. The number of anilines is 1. The Morgan fingerprint density at radius 3 is 2.75 bits per heavy atom. The Morgan fingerprint density at radius 1 is 1.50 bits per heavy atom. The average molecular weight is 297 g/mol. The number of aliphatic carboxylic acids is 1. The number of carboxylic acids is 1. The normalized spacial score (nSPS) is 13.8. The topological polar surface area (TPSA) is 99.6 Å². The first-order chi connectivity index (χ1) is 9.45. The van der Waals surface area contributed by atoms with E-state index in [9.17, 15) is 14.4 Å². The maximum atomic E-state index is 12.2. The predicted molar refractivity (Wildman–Crippen MR) is 72.7 cm³/mol.